The van der Waals surface area contributed by atoms with E-state index in [4.69, 9.17) is 9.84 Å². The van der Waals surface area contributed by atoms with Gasteiger partial charge in [0.15, 0.2) is 0 Å². The minimum atomic E-state index is -0.0631. The number of carbonyl (C=O) groups excluding carboxylic acids is 1. The van der Waals surface area contributed by atoms with Crippen LogP contribution in [0.1, 0.15) is 68.1 Å². The predicted molar refractivity (Wildman–Crippen MR) is 153 cm³/mol. The summed E-state index contributed by atoms with van der Waals surface area (Å²) in [5.41, 5.74) is 6.41. The van der Waals surface area contributed by atoms with Gasteiger partial charge in [-0.3, -0.25) is 9.89 Å². The number of ether oxygens (including phenoxy) is 1. The maximum atomic E-state index is 14.4. The van der Waals surface area contributed by atoms with Crippen LogP contribution in [0.4, 0.5) is 16.2 Å². The van der Waals surface area contributed by atoms with Crippen LogP contribution in [0.5, 0.6) is 0 Å². The van der Waals surface area contributed by atoms with Crippen LogP contribution in [0.25, 0.3) is 0 Å². The molecule has 0 aromatic heterocycles. The van der Waals surface area contributed by atoms with Gasteiger partial charge in [-0.1, -0.05) is 43.5 Å². The molecule has 2 amide bonds. The highest BCUT2D eigenvalue weighted by Crippen LogP contribution is 2.39. The Hall–Kier alpha value is -3.19. The number of fused-ring (bicyclic) bond motifs is 1. The number of amidine groups is 1. The van der Waals surface area contributed by atoms with Gasteiger partial charge in [0.1, 0.15) is 0 Å². The maximum Gasteiger partial charge on any atom is 0.349 e. The van der Waals surface area contributed by atoms with E-state index in [9.17, 15) is 4.79 Å². The first-order valence-corrected chi connectivity index (χ1v) is 14.4. The van der Waals surface area contributed by atoms with Crippen LogP contribution in [0, 0.1) is 12.8 Å². The van der Waals surface area contributed by atoms with Crippen LogP contribution < -0.4 is 10.2 Å². The van der Waals surface area contributed by atoms with Crippen LogP contribution in [0.2, 0.25) is 0 Å². The second-order valence-corrected chi connectivity index (χ2v) is 11.1. The summed E-state index contributed by atoms with van der Waals surface area (Å²) in [5, 5.41) is 10.4. The lowest BCUT2D eigenvalue weighted by Gasteiger charge is -2.33. The largest absolute Gasteiger partial charge is 0.381 e. The van der Waals surface area contributed by atoms with Crippen molar-refractivity contribution in [3.05, 3.63) is 59.2 Å². The molecule has 38 heavy (non-hydrogen) atoms. The lowest BCUT2D eigenvalue weighted by atomic mass is 9.82. The second-order valence-electron chi connectivity index (χ2n) is 11.1. The summed E-state index contributed by atoms with van der Waals surface area (Å²) in [7, 11) is 0. The normalized spacial score (nSPS) is 21.0. The van der Waals surface area contributed by atoms with Crippen molar-refractivity contribution >= 4 is 29.0 Å². The first kappa shape index (κ1) is 25.1. The van der Waals surface area contributed by atoms with E-state index in [0.717, 1.165) is 85.7 Å². The SMILES string of the molecule is Cc1ccc2c(c1)N(c1ccc(CCC3=NCCN3)cc1)C(=O)N(C1CCOCC1)N=C2C1CCCCC1. The molecular weight excluding hydrogens is 474 g/mol. The van der Waals surface area contributed by atoms with Crippen LogP contribution in [0.15, 0.2) is 52.6 Å². The quantitative estimate of drug-likeness (QED) is 0.518. The van der Waals surface area contributed by atoms with Crippen LogP contribution >= 0.6 is 0 Å². The van der Waals surface area contributed by atoms with E-state index in [1.54, 1.807) is 5.01 Å². The first-order chi connectivity index (χ1) is 18.7. The Kier molecular flexibility index (Phi) is 7.45. The van der Waals surface area contributed by atoms with E-state index in [1.165, 1.54) is 24.8 Å². The fourth-order valence-corrected chi connectivity index (χ4v) is 6.24. The van der Waals surface area contributed by atoms with Gasteiger partial charge in [0.25, 0.3) is 0 Å². The van der Waals surface area contributed by atoms with E-state index in [-0.39, 0.29) is 12.1 Å². The van der Waals surface area contributed by atoms with Crippen molar-refractivity contribution < 1.29 is 9.53 Å². The first-order valence-electron chi connectivity index (χ1n) is 14.4. The molecule has 0 spiro atoms. The molecule has 1 aliphatic carbocycles. The molecule has 7 heteroatoms. The Labute approximate surface area is 226 Å². The van der Waals surface area contributed by atoms with Crippen molar-refractivity contribution in [2.24, 2.45) is 16.0 Å². The van der Waals surface area contributed by atoms with Gasteiger partial charge in [0.2, 0.25) is 0 Å². The van der Waals surface area contributed by atoms with E-state index in [2.05, 4.69) is 59.7 Å². The van der Waals surface area contributed by atoms with Crippen LogP contribution in [-0.4, -0.2) is 54.9 Å². The van der Waals surface area contributed by atoms with Gasteiger partial charge < -0.3 is 10.1 Å². The number of aliphatic imine (C=N–C) groups is 1. The molecule has 6 rings (SSSR count). The molecule has 0 atom stereocenters. The Morgan fingerprint density at radius 1 is 0.974 bits per heavy atom. The number of nitrogens with one attached hydrogen (secondary N) is 1. The number of nitrogens with zero attached hydrogens (tertiary/aromatic N) is 4. The highest BCUT2D eigenvalue weighted by molar-refractivity contribution is 6.14. The molecule has 200 valence electrons. The summed E-state index contributed by atoms with van der Waals surface area (Å²) in [6, 6.07) is 15.0. The monoisotopic (exact) mass is 513 g/mol. The van der Waals surface area contributed by atoms with E-state index < -0.39 is 0 Å². The lowest BCUT2D eigenvalue weighted by Crippen LogP contribution is -2.45. The van der Waals surface area contributed by atoms with Gasteiger partial charge in [-0.25, -0.2) is 9.80 Å². The zero-order chi connectivity index (χ0) is 25.9. The number of rotatable bonds is 6. The minimum Gasteiger partial charge on any atom is -0.381 e. The van der Waals surface area contributed by atoms with Gasteiger partial charge in [0, 0.05) is 37.7 Å². The molecule has 0 radical (unpaired) electrons. The molecule has 2 aromatic carbocycles. The molecule has 7 nitrogen and oxygen atoms in total. The zero-order valence-electron chi connectivity index (χ0n) is 22.5. The van der Waals surface area contributed by atoms with Crippen molar-refractivity contribution in [1.29, 1.82) is 0 Å². The minimum absolute atomic E-state index is 0.0479. The summed E-state index contributed by atoms with van der Waals surface area (Å²) >= 11 is 0. The Balaban J connectivity index is 1.38. The molecule has 2 fully saturated rings. The van der Waals surface area contributed by atoms with Crippen LogP contribution in [0.3, 0.4) is 0 Å². The van der Waals surface area contributed by atoms with Crippen LogP contribution in [-0.2, 0) is 11.2 Å². The second kappa shape index (κ2) is 11.3. The van der Waals surface area contributed by atoms with Gasteiger partial charge >= 0.3 is 6.03 Å². The molecule has 1 N–H and O–H groups in total. The van der Waals surface area contributed by atoms with Crippen molar-refractivity contribution in [2.75, 3.05) is 31.2 Å². The molecule has 3 heterocycles. The van der Waals surface area contributed by atoms with E-state index in [1.807, 2.05) is 4.90 Å². The number of carbonyl (C=O) groups is 1. The Morgan fingerprint density at radius 2 is 1.76 bits per heavy atom. The summed E-state index contributed by atoms with van der Waals surface area (Å²) in [4.78, 5) is 20.8. The highest BCUT2D eigenvalue weighted by atomic mass is 16.5. The average molecular weight is 514 g/mol. The molecule has 1 saturated heterocycles. The molecule has 2 aromatic rings. The highest BCUT2D eigenvalue weighted by Gasteiger charge is 2.37. The number of hydrogen-bond donors (Lipinski definition) is 1. The topological polar surface area (TPSA) is 69.5 Å². The zero-order valence-corrected chi connectivity index (χ0v) is 22.5. The predicted octanol–water partition coefficient (Wildman–Crippen LogP) is 5.97. The van der Waals surface area contributed by atoms with Gasteiger partial charge in [-0.15, -0.1) is 0 Å². The van der Waals surface area contributed by atoms with Crippen molar-refractivity contribution in [2.45, 2.75) is 70.8 Å². The van der Waals surface area contributed by atoms with Gasteiger partial charge in [-0.2, -0.15) is 5.10 Å². The van der Waals surface area contributed by atoms with E-state index in [0.29, 0.717) is 19.1 Å². The van der Waals surface area contributed by atoms with Crippen molar-refractivity contribution in [3.63, 3.8) is 0 Å². The summed E-state index contributed by atoms with van der Waals surface area (Å²) < 4.78 is 5.65. The molecule has 1 saturated carbocycles. The molecule has 4 aliphatic rings. The molecular formula is C31H39N5O2. The summed E-state index contributed by atoms with van der Waals surface area (Å²) in [6.07, 6.45) is 9.48. The third kappa shape index (κ3) is 5.21. The number of hydrogen-bond acceptors (Lipinski definition) is 5. The van der Waals surface area contributed by atoms with Gasteiger partial charge in [-0.05, 0) is 68.4 Å². The number of aryl methyl sites for hydroxylation is 2. The Morgan fingerprint density at radius 3 is 2.50 bits per heavy atom. The number of anilines is 2. The number of benzene rings is 2. The number of amides is 2. The third-order valence-corrected chi connectivity index (χ3v) is 8.39. The molecule has 0 bridgehead atoms. The van der Waals surface area contributed by atoms with Crippen molar-refractivity contribution in [3.8, 4) is 0 Å². The summed E-state index contributed by atoms with van der Waals surface area (Å²) in [6.45, 7) is 5.26. The average Bonchev–Trinajstić information content (AvgIpc) is 3.45. The van der Waals surface area contributed by atoms with Gasteiger partial charge in [0.05, 0.1) is 35.5 Å². The fraction of sp³-hybridized carbons (Fsp3) is 0.516. The Bertz CT molecular complexity index is 1210. The molecule has 3 aliphatic heterocycles. The van der Waals surface area contributed by atoms with Crippen molar-refractivity contribution in [1.82, 2.24) is 10.3 Å². The third-order valence-electron chi connectivity index (χ3n) is 8.39. The number of hydrazone groups is 1. The number of urea groups is 1. The lowest BCUT2D eigenvalue weighted by molar-refractivity contribution is 0.0480. The standard InChI is InChI=1S/C31H39N5O2/c1-22-7-13-27-28(21-22)35(25-11-8-23(9-12-25)10-14-29-32-17-18-33-29)31(37)36(26-15-19-38-20-16-26)34-30(27)24-5-3-2-4-6-24/h7-9,11-13,21,24,26H,2-6,10,14-20H2,1H3,(H,32,33). The molecule has 0 unspecified atom stereocenters. The van der Waals surface area contributed by atoms with E-state index >= 15 is 0 Å². The maximum absolute atomic E-state index is 14.4. The summed E-state index contributed by atoms with van der Waals surface area (Å²) in [5.74, 6) is 1.48. The fourth-order valence-electron chi connectivity index (χ4n) is 6.24. The smallest absolute Gasteiger partial charge is 0.349 e.